The predicted octanol–water partition coefficient (Wildman–Crippen LogP) is 5.72. The van der Waals surface area contributed by atoms with E-state index in [0.717, 1.165) is 26.5 Å². The number of hydrogen-bond donors (Lipinski definition) is 1. The van der Waals surface area contributed by atoms with Gasteiger partial charge in [0.15, 0.2) is 5.13 Å². The van der Waals surface area contributed by atoms with E-state index < -0.39 is 0 Å². The summed E-state index contributed by atoms with van der Waals surface area (Å²) in [5.41, 5.74) is 4.05. The second-order valence-electron chi connectivity index (χ2n) is 6.65. The summed E-state index contributed by atoms with van der Waals surface area (Å²) in [6.07, 6.45) is 0.342. The predicted molar refractivity (Wildman–Crippen MR) is 114 cm³/mol. The van der Waals surface area contributed by atoms with Crippen molar-refractivity contribution < 1.29 is 4.79 Å². The molecule has 27 heavy (non-hydrogen) atoms. The van der Waals surface area contributed by atoms with Gasteiger partial charge in [-0.2, -0.15) is 0 Å². The first kappa shape index (κ1) is 17.8. The van der Waals surface area contributed by atoms with Gasteiger partial charge in [0, 0.05) is 5.38 Å². The maximum absolute atomic E-state index is 12.3. The van der Waals surface area contributed by atoms with Gasteiger partial charge in [-0.1, -0.05) is 50.2 Å². The fraction of sp³-hybridized carbons (Fsp3) is 0.190. The fourth-order valence-electron chi connectivity index (χ4n) is 2.78. The molecule has 2 aromatic carbocycles. The van der Waals surface area contributed by atoms with Crippen LogP contribution in [0.25, 0.3) is 20.9 Å². The summed E-state index contributed by atoms with van der Waals surface area (Å²) < 4.78 is 1.14. The molecule has 4 aromatic rings. The third-order valence-electron chi connectivity index (χ3n) is 4.27. The van der Waals surface area contributed by atoms with Crippen molar-refractivity contribution >= 4 is 43.9 Å². The van der Waals surface area contributed by atoms with Crippen LogP contribution in [-0.2, 0) is 11.2 Å². The highest BCUT2D eigenvalue weighted by molar-refractivity contribution is 7.22. The molecule has 0 radical (unpaired) electrons. The maximum atomic E-state index is 12.3. The molecule has 4 rings (SSSR count). The number of thiazole rings is 2. The van der Waals surface area contributed by atoms with Gasteiger partial charge in [0.05, 0.1) is 16.6 Å². The molecule has 2 heterocycles. The molecule has 0 aliphatic heterocycles. The Morgan fingerprint density at radius 2 is 1.85 bits per heavy atom. The Kier molecular flexibility index (Phi) is 5.01. The Balaban J connectivity index is 1.43. The van der Waals surface area contributed by atoms with Crippen LogP contribution in [0.2, 0.25) is 0 Å². The minimum Gasteiger partial charge on any atom is -0.302 e. The minimum absolute atomic E-state index is 0.0579. The van der Waals surface area contributed by atoms with Gasteiger partial charge >= 0.3 is 0 Å². The van der Waals surface area contributed by atoms with Crippen molar-refractivity contribution in [3.63, 3.8) is 0 Å². The van der Waals surface area contributed by atoms with Gasteiger partial charge in [-0.05, 0) is 29.2 Å². The summed E-state index contributed by atoms with van der Waals surface area (Å²) in [6, 6.07) is 16.2. The molecule has 0 aliphatic carbocycles. The quantitative estimate of drug-likeness (QED) is 0.471. The van der Waals surface area contributed by atoms with Crippen molar-refractivity contribution in [2.45, 2.75) is 26.2 Å². The summed E-state index contributed by atoms with van der Waals surface area (Å²) in [5, 5.41) is 6.31. The molecule has 136 valence electrons. The van der Waals surface area contributed by atoms with Crippen molar-refractivity contribution in [3.05, 3.63) is 65.0 Å². The summed E-state index contributed by atoms with van der Waals surface area (Å²) in [5.74, 6) is 0.432. The van der Waals surface area contributed by atoms with E-state index in [1.807, 2.05) is 35.7 Å². The molecule has 0 fully saturated rings. The van der Waals surface area contributed by atoms with Crippen LogP contribution in [-0.4, -0.2) is 15.9 Å². The average molecular weight is 394 g/mol. The number of amides is 1. The van der Waals surface area contributed by atoms with E-state index in [0.29, 0.717) is 17.5 Å². The van der Waals surface area contributed by atoms with Gasteiger partial charge in [0.1, 0.15) is 10.7 Å². The average Bonchev–Trinajstić information content (AvgIpc) is 3.28. The molecule has 0 spiro atoms. The largest absolute Gasteiger partial charge is 0.302 e. The Morgan fingerprint density at radius 1 is 1.07 bits per heavy atom. The highest BCUT2D eigenvalue weighted by atomic mass is 32.1. The highest BCUT2D eigenvalue weighted by Crippen LogP contribution is 2.31. The molecule has 6 heteroatoms. The van der Waals surface area contributed by atoms with Crippen LogP contribution in [0.5, 0.6) is 0 Å². The number of aromatic nitrogens is 2. The molecule has 1 amide bonds. The lowest BCUT2D eigenvalue weighted by Crippen LogP contribution is -2.14. The lowest BCUT2D eigenvalue weighted by atomic mass is 10.0. The zero-order chi connectivity index (χ0) is 18.8. The molecule has 0 atom stereocenters. The van der Waals surface area contributed by atoms with Crippen LogP contribution in [0.4, 0.5) is 5.13 Å². The summed E-state index contributed by atoms with van der Waals surface area (Å²) in [4.78, 5) is 21.5. The Morgan fingerprint density at radius 3 is 2.59 bits per heavy atom. The molecule has 0 unspecified atom stereocenters. The Bertz CT molecular complexity index is 1050. The number of nitrogens with zero attached hydrogens (tertiary/aromatic N) is 2. The molecule has 0 saturated carbocycles. The standard InChI is InChI=1S/C21H19N3OS2/c1-13(2)15-9-7-14(8-10-15)11-19(25)24-21-23-17(12-26-21)20-22-16-5-3-4-6-18(16)27-20/h3-10,12-13H,11H2,1-2H3,(H,23,24,25). The zero-order valence-electron chi connectivity index (χ0n) is 15.1. The van der Waals surface area contributed by atoms with Crippen LogP contribution < -0.4 is 5.32 Å². The molecular formula is C21H19N3OS2. The summed E-state index contributed by atoms with van der Waals surface area (Å²) >= 11 is 3.03. The third-order valence-corrected chi connectivity index (χ3v) is 6.09. The molecule has 2 aromatic heterocycles. The first-order valence-electron chi connectivity index (χ1n) is 8.78. The van der Waals surface area contributed by atoms with E-state index in [2.05, 4.69) is 47.3 Å². The van der Waals surface area contributed by atoms with Crippen LogP contribution in [0, 0.1) is 0 Å². The first-order valence-corrected chi connectivity index (χ1v) is 10.5. The third kappa shape index (κ3) is 4.07. The number of hydrogen-bond acceptors (Lipinski definition) is 5. The number of anilines is 1. The highest BCUT2D eigenvalue weighted by Gasteiger charge is 2.12. The molecule has 0 aliphatic rings. The smallest absolute Gasteiger partial charge is 0.230 e. The molecule has 1 N–H and O–H groups in total. The number of carbonyl (C=O) groups excluding carboxylic acids is 1. The van der Waals surface area contributed by atoms with E-state index in [9.17, 15) is 4.79 Å². The minimum atomic E-state index is -0.0579. The number of rotatable bonds is 5. The van der Waals surface area contributed by atoms with Gasteiger partial charge in [-0.15, -0.1) is 22.7 Å². The van der Waals surface area contributed by atoms with Crippen LogP contribution in [0.15, 0.2) is 53.9 Å². The number of para-hydroxylation sites is 1. The van der Waals surface area contributed by atoms with Crippen molar-refractivity contribution in [1.82, 2.24) is 9.97 Å². The normalized spacial score (nSPS) is 11.2. The molecular weight excluding hydrogens is 374 g/mol. The number of nitrogens with one attached hydrogen (secondary N) is 1. The van der Waals surface area contributed by atoms with Gasteiger partial charge in [-0.3, -0.25) is 4.79 Å². The first-order chi connectivity index (χ1) is 13.1. The molecule has 4 nitrogen and oxygen atoms in total. The second-order valence-corrected chi connectivity index (χ2v) is 8.53. The second kappa shape index (κ2) is 7.58. The van der Waals surface area contributed by atoms with Crippen molar-refractivity contribution in [2.75, 3.05) is 5.32 Å². The van der Waals surface area contributed by atoms with E-state index in [1.54, 1.807) is 11.3 Å². The number of fused-ring (bicyclic) bond motifs is 1. The van der Waals surface area contributed by atoms with Crippen LogP contribution in [0.3, 0.4) is 0 Å². The number of carbonyl (C=O) groups is 1. The van der Waals surface area contributed by atoms with Crippen molar-refractivity contribution in [3.8, 4) is 10.7 Å². The maximum Gasteiger partial charge on any atom is 0.230 e. The SMILES string of the molecule is CC(C)c1ccc(CC(=O)Nc2nc(-c3nc4ccccc4s3)cs2)cc1. The topological polar surface area (TPSA) is 54.9 Å². The van der Waals surface area contributed by atoms with E-state index in [1.165, 1.54) is 16.9 Å². The summed E-state index contributed by atoms with van der Waals surface area (Å²) in [6.45, 7) is 4.32. The van der Waals surface area contributed by atoms with Gasteiger partial charge in [0.2, 0.25) is 5.91 Å². The fourth-order valence-corrected chi connectivity index (χ4v) is 4.49. The van der Waals surface area contributed by atoms with E-state index in [-0.39, 0.29) is 5.91 Å². The monoisotopic (exact) mass is 393 g/mol. The number of benzene rings is 2. The van der Waals surface area contributed by atoms with E-state index in [4.69, 9.17) is 0 Å². The zero-order valence-corrected chi connectivity index (χ0v) is 16.7. The lowest BCUT2D eigenvalue weighted by molar-refractivity contribution is -0.115. The van der Waals surface area contributed by atoms with E-state index >= 15 is 0 Å². The van der Waals surface area contributed by atoms with Crippen molar-refractivity contribution in [1.29, 1.82) is 0 Å². The lowest BCUT2D eigenvalue weighted by Gasteiger charge is -2.06. The van der Waals surface area contributed by atoms with Crippen LogP contribution in [0.1, 0.15) is 30.9 Å². The van der Waals surface area contributed by atoms with Gasteiger partial charge in [-0.25, -0.2) is 9.97 Å². The molecule has 0 bridgehead atoms. The van der Waals surface area contributed by atoms with Gasteiger partial charge < -0.3 is 5.32 Å². The van der Waals surface area contributed by atoms with Crippen molar-refractivity contribution in [2.24, 2.45) is 0 Å². The van der Waals surface area contributed by atoms with Gasteiger partial charge in [0.25, 0.3) is 0 Å². The summed E-state index contributed by atoms with van der Waals surface area (Å²) in [7, 11) is 0. The Labute approximate surface area is 165 Å². The molecule has 0 saturated heterocycles. The van der Waals surface area contributed by atoms with Crippen LogP contribution >= 0.6 is 22.7 Å². The Hall–Kier alpha value is -2.57.